The molecule has 0 bridgehead atoms. The van der Waals surface area contributed by atoms with Gasteiger partial charge in [0.25, 0.3) is 0 Å². The second kappa shape index (κ2) is 8.04. The Morgan fingerprint density at radius 3 is 2.04 bits per heavy atom. The molecule has 2 rings (SSSR count). The van der Waals surface area contributed by atoms with E-state index in [1.165, 1.54) is 41.5 Å². The van der Waals surface area contributed by atoms with E-state index in [-0.39, 0.29) is 0 Å². The molecule has 0 amide bonds. The lowest BCUT2D eigenvalue weighted by molar-refractivity contribution is 0.346. The van der Waals surface area contributed by atoms with E-state index in [0.29, 0.717) is 11.3 Å². The normalized spacial score (nSPS) is 17.0. The summed E-state index contributed by atoms with van der Waals surface area (Å²) in [7, 11) is 0. The molecule has 1 saturated carbocycles. The minimum atomic E-state index is 0.406. The lowest BCUT2D eigenvalue weighted by Gasteiger charge is -2.23. The monoisotopic (exact) mass is 334 g/mol. The van der Waals surface area contributed by atoms with E-state index in [9.17, 15) is 0 Å². The molecule has 0 heterocycles. The third-order valence-corrected chi connectivity index (χ3v) is 5.14. The van der Waals surface area contributed by atoms with Crippen LogP contribution in [0.5, 0.6) is 0 Å². The van der Waals surface area contributed by atoms with Crippen LogP contribution in [-0.4, -0.2) is 0 Å². The summed E-state index contributed by atoms with van der Waals surface area (Å²) in [6.45, 7) is 21.8. The molecule has 0 radical (unpaired) electrons. The number of hydrogen-bond donors (Lipinski definition) is 0. The van der Waals surface area contributed by atoms with Crippen LogP contribution in [-0.2, 0) is 0 Å². The van der Waals surface area contributed by atoms with Crippen LogP contribution in [0.25, 0.3) is 6.08 Å². The summed E-state index contributed by atoms with van der Waals surface area (Å²) >= 11 is 0. The lowest BCUT2D eigenvalue weighted by Crippen LogP contribution is -2.08. The molecule has 1 aliphatic rings. The Balaban J connectivity index is 2.13. The largest absolute Gasteiger partial charge is 0.0992 e. The summed E-state index contributed by atoms with van der Waals surface area (Å²) in [5.74, 6) is 0.656. The van der Waals surface area contributed by atoms with E-state index in [0.717, 1.165) is 24.0 Å². The average Bonchev–Trinajstić information content (AvgIpc) is 2.51. The van der Waals surface area contributed by atoms with Gasteiger partial charge in [0.2, 0.25) is 0 Å². The van der Waals surface area contributed by atoms with Gasteiger partial charge in [0.15, 0.2) is 0 Å². The highest BCUT2D eigenvalue weighted by atomic mass is 14.2. The Morgan fingerprint density at radius 2 is 1.56 bits per heavy atom. The van der Waals surface area contributed by atoms with Gasteiger partial charge in [-0.3, -0.25) is 0 Å². The van der Waals surface area contributed by atoms with Gasteiger partial charge in [-0.1, -0.05) is 77.3 Å². The van der Waals surface area contributed by atoms with Gasteiger partial charge < -0.3 is 0 Å². The minimum absolute atomic E-state index is 0.406. The van der Waals surface area contributed by atoms with Crippen molar-refractivity contribution in [3.05, 3.63) is 77.4 Å². The van der Waals surface area contributed by atoms with Crippen LogP contribution >= 0.6 is 0 Å². The Bertz CT molecular complexity index is 652. The van der Waals surface area contributed by atoms with Crippen molar-refractivity contribution in [2.45, 2.75) is 65.7 Å². The van der Waals surface area contributed by atoms with E-state index in [2.05, 4.69) is 77.8 Å². The van der Waals surface area contributed by atoms with E-state index >= 15 is 0 Å². The minimum Gasteiger partial charge on any atom is -0.0992 e. The van der Waals surface area contributed by atoms with E-state index in [1.54, 1.807) is 0 Å². The fourth-order valence-corrected chi connectivity index (χ4v) is 3.56. The topological polar surface area (TPSA) is 0 Å². The molecule has 0 heteroatoms. The maximum atomic E-state index is 4.21. The van der Waals surface area contributed by atoms with Crippen LogP contribution in [0.2, 0.25) is 0 Å². The predicted molar refractivity (Wildman–Crippen MR) is 113 cm³/mol. The van der Waals surface area contributed by atoms with Gasteiger partial charge >= 0.3 is 0 Å². The summed E-state index contributed by atoms with van der Waals surface area (Å²) in [6.07, 6.45) is 7.75. The maximum Gasteiger partial charge on any atom is -0.00663 e. The number of hydrogen-bond acceptors (Lipinski definition) is 0. The molecule has 1 aromatic carbocycles. The quantitative estimate of drug-likeness (QED) is 0.481. The highest BCUT2D eigenvalue weighted by Gasteiger charge is 2.17. The fourth-order valence-electron chi connectivity index (χ4n) is 3.56. The number of allylic oxidation sites excluding steroid dienone is 4. The zero-order chi connectivity index (χ0) is 18.6. The third-order valence-electron chi connectivity index (χ3n) is 5.14. The predicted octanol–water partition coefficient (Wildman–Crippen LogP) is 7.85. The SMILES string of the molecule is C=C1CC(=C)C(=Cc2ccc(C(CC)CCC(C)(C)C)cc2)C(=C)C1. The smallest absolute Gasteiger partial charge is 0.00663 e. The molecular weight excluding hydrogens is 300 g/mol. The molecule has 1 aliphatic carbocycles. The lowest BCUT2D eigenvalue weighted by atomic mass is 9.82. The first-order chi connectivity index (χ1) is 11.7. The summed E-state index contributed by atoms with van der Waals surface area (Å²) in [5.41, 5.74) is 7.81. The molecule has 0 aromatic heterocycles. The Hall–Kier alpha value is -1.82. The Kier molecular flexibility index (Phi) is 6.27. The third kappa shape index (κ3) is 5.59. The average molecular weight is 335 g/mol. The zero-order valence-electron chi connectivity index (χ0n) is 16.6. The van der Waals surface area contributed by atoms with Gasteiger partial charge in [0.05, 0.1) is 0 Å². The van der Waals surface area contributed by atoms with Crippen LogP contribution < -0.4 is 0 Å². The molecule has 1 atom stereocenters. The maximum absolute atomic E-state index is 4.21. The second-order valence-corrected chi connectivity index (χ2v) is 8.74. The second-order valence-electron chi connectivity index (χ2n) is 8.74. The summed E-state index contributed by atoms with van der Waals surface area (Å²) in [6, 6.07) is 9.09. The van der Waals surface area contributed by atoms with Crippen molar-refractivity contribution in [3.8, 4) is 0 Å². The summed E-state index contributed by atoms with van der Waals surface area (Å²) in [4.78, 5) is 0. The van der Waals surface area contributed by atoms with Crippen LogP contribution in [0.15, 0.2) is 66.3 Å². The summed E-state index contributed by atoms with van der Waals surface area (Å²) < 4.78 is 0. The highest BCUT2D eigenvalue weighted by Crippen LogP contribution is 2.36. The van der Waals surface area contributed by atoms with E-state index in [4.69, 9.17) is 0 Å². The Morgan fingerprint density at radius 1 is 1.00 bits per heavy atom. The molecule has 0 N–H and O–H groups in total. The number of benzene rings is 1. The van der Waals surface area contributed by atoms with Crippen LogP contribution in [0, 0.1) is 5.41 Å². The molecule has 1 aromatic rings. The van der Waals surface area contributed by atoms with E-state index < -0.39 is 0 Å². The molecule has 25 heavy (non-hydrogen) atoms. The van der Waals surface area contributed by atoms with Gasteiger partial charge in [-0.2, -0.15) is 0 Å². The molecule has 0 aliphatic heterocycles. The van der Waals surface area contributed by atoms with Crippen LogP contribution in [0.3, 0.4) is 0 Å². The standard InChI is InChI=1S/C25H34/c1-8-22(13-14-25(5,6)7)23-11-9-21(10-12-23)17-24-19(3)15-18(2)16-20(24)4/h9-12,17,22H,2-4,8,13-16H2,1,5-7H3. The van der Waals surface area contributed by atoms with Crippen molar-refractivity contribution in [1.82, 2.24) is 0 Å². The number of rotatable bonds is 5. The molecule has 0 nitrogen and oxygen atoms in total. The van der Waals surface area contributed by atoms with Crippen molar-refractivity contribution in [2.24, 2.45) is 5.41 Å². The van der Waals surface area contributed by atoms with Crippen molar-refractivity contribution >= 4 is 6.08 Å². The first kappa shape index (κ1) is 19.5. The van der Waals surface area contributed by atoms with Crippen LogP contribution in [0.1, 0.15) is 76.8 Å². The summed E-state index contributed by atoms with van der Waals surface area (Å²) in [5, 5.41) is 0. The molecule has 1 fully saturated rings. The van der Waals surface area contributed by atoms with Crippen molar-refractivity contribution in [1.29, 1.82) is 0 Å². The van der Waals surface area contributed by atoms with E-state index in [1.807, 2.05) is 0 Å². The van der Waals surface area contributed by atoms with Crippen molar-refractivity contribution < 1.29 is 0 Å². The first-order valence-corrected chi connectivity index (χ1v) is 9.54. The molecule has 134 valence electrons. The van der Waals surface area contributed by atoms with Crippen LogP contribution in [0.4, 0.5) is 0 Å². The van der Waals surface area contributed by atoms with Crippen molar-refractivity contribution in [3.63, 3.8) is 0 Å². The molecule has 1 unspecified atom stereocenters. The zero-order valence-corrected chi connectivity index (χ0v) is 16.6. The van der Waals surface area contributed by atoms with Gasteiger partial charge in [0, 0.05) is 0 Å². The molecular formula is C25H34. The van der Waals surface area contributed by atoms with Gasteiger partial charge in [-0.15, -0.1) is 0 Å². The first-order valence-electron chi connectivity index (χ1n) is 9.54. The fraction of sp³-hybridized carbons (Fsp3) is 0.440. The van der Waals surface area contributed by atoms with Gasteiger partial charge in [0.1, 0.15) is 0 Å². The molecule has 0 spiro atoms. The Labute approximate surface area is 155 Å². The van der Waals surface area contributed by atoms with Gasteiger partial charge in [-0.25, -0.2) is 0 Å². The van der Waals surface area contributed by atoms with Crippen molar-refractivity contribution in [2.75, 3.05) is 0 Å². The van der Waals surface area contributed by atoms with Gasteiger partial charge in [-0.05, 0) is 77.4 Å². The molecule has 0 saturated heterocycles. The highest BCUT2D eigenvalue weighted by molar-refractivity contribution is 5.67.